The fraction of sp³-hybridized carbons (Fsp3) is 0.500. The Morgan fingerprint density at radius 1 is 0.833 bits per heavy atom. The topological polar surface area (TPSA) is 24.1 Å². The second-order valence-corrected chi connectivity index (χ2v) is 6.41. The van der Waals surface area contributed by atoms with E-state index in [0.717, 1.165) is 11.4 Å². The fourth-order valence-corrected chi connectivity index (χ4v) is 1.43. The summed E-state index contributed by atoms with van der Waals surface area (Å²) in [5, 5.41) is 6.84. The van der Waals surface area contributed by atoms with Gasteiger partial charge in [0, 0.05) is 22.5 Å². The summed E-state index contributed by atoms with van der Waals surface area (Å²) < 4.78 is 0. The maximum Gasteiger partial charge on any atom is 0.0364 e. The molecule has 0 aromatic heterocycles. The third-order valence-electron chi connectivity index (χ3n) is 1.87. The molecule has 0 fully saturated rings. The molecule has 0 radical (unpaired) electrons. The molecular formula is C16H28N2. The van der Waals surface area contributed by atoms with Crippen molar-refractivity contribution in [3.63, 3.8) is 0 Å². The number of allylic oxidation sites excluding steroid dienone is 4. The summed E-state index contributed by atoms with van der Waals surface area (Å²) in [5.74, 6) is 0. The second-order valence-electron chi connectivity index (χ2n) is 6.41. The van der Waals surface area contributed by atoms with Gasteiger partial charge in [0.25, 0.3) is 0 Å². The third kappa shape index (κ3) is 8.68. The van der Waals surface area contributed by atoms with Crippen molar-refractivity contribution in [3.05, 3.63) is 48.9 Å². The molecule has 18 heavy (non-hydrogen) atoms. The average Bonchev–Trinajstić information content (AvgIpc) is 2.12. The summed E-state index contributed by atoms with van der Waals surface area (Å²) in [4.78, 5) is 0. The van der Waals surface area contributed by atoms with Crippen molar-refractivity contribution in [2.75, 3.05) is 0 Å². The maximum atomic E-state index is 3.84. The first-order valence-corrected chi connectivity index (χ1v) is 6.30. The van der Waals surface area contributed by atoms with Gasteiger partial charge in [-0.15, -0.1) is 0 Å². The first-order chi connectivity index (χ1) is 8.07. The molecule has 2 N–H and O–H groups in total. The lowest BCUT2D eigenvalue weighted by Gasteiger charge is -2.26. The monoisotopic (exact) mass is 248 g/mol. The lowest BCUT2D eigenvalue weighted by molar-refractivity contribution is 0.471. The Bertz CT molecular complexity index is 346. The quantitative estimate of drug-likeness (QED) is 0.721. The molecule has 102 valence electrons. The number of nitrogens with one attached hydrogen (secondary N) is 2. The van der Waals surface area contributed by atoms with E-state index >= 15 is 0 Å². The van der Waals surface area contributed by atoms with Crippen LogP contribution in [0.4, 0.5) is 0 Å². The largest absolute Gasteiger partial charge is 0.380 e. The summed E-state index contributed by atoms with van der Waals surface area (Å²) in [6.45, 7) is 20.3. The average molecular weight is 248 g/mol. The molecule has 0 amide bonds. The molecule has 0 aliphatic heterocycles. The van der Waals surface area contributed by atoms with Gasteiger partial charge in [-0.2, -0.15) is 0 Å². The van der Waals surface area contributed by atoms with Gasteiger partial charge in [-0.05, 0) is 59.8 Å². The molecule has 0 aliphatic rings. The predicted molar refractivity (Wildman–Crippen MR) is 82.3 cm³/mol. The Hall–Kier alpha value is -1.44. The summed E-state index contributed by atoms with van der Waals surface area (Å²) in [6.07, 6.45) is 7.61. The highest BCUT2D eigenvalue weighted by atomic mass is 15.0. The van der Waals surface area contributed by atoms with Crippen molar-refractivity contribution in [3.8, 4) is 0 Å². The highest BCUT2D eigenvalue weighted by Crippen LogP contribution is 2.10. The molecule has 0 bridgehead atoms. The van der Waals surface area contributed by atoms with Gasteiger partial charge in [0.15, 0.2) is 0 Å². The van der Waals surface area contributed by atoms with Crippen LogP contribution in [0.5, 0.6) is 0 Å². The van der Waals surface area contributed by atoms with E-state index in [1.54, 1.807) is 6.08 Å². The van der Waals surface area contributed by atoms with Gasteiger partial charge in [-0.1, -0.05) is 19.2 Å². The van der Waals surface area contributed by atoms with Crippen LogP contribution in [0.2, 0.25) is 0 Å². The number of hydrogen-bond acceptors (Lipinski definition) is 2. The Labute approximate surface area is 113 Å². The van der Waals surface area contributed by atoms with Crippen LogP contribution < -0.4 is 10.6 Å². The van der Waals surface area contributed by atoms with Crippen LogP contribution in [-0.4, -0.2) is 11.1 Å². The Kier molecular flexibility index (Phi) is 5.96. The molecule has 0 rings (SSSR count). The minimum Gasteiger partial charge on any atom is -0.380 e. The van der Waals surface area contributed by atoms with Crippen molar-refractivity contribution < 1.29 is 0 Å². The SMILES string of the molecule is C=C/C=C(\C=C(/C=C)NC(C)(C)C)NC(C)(C)C. The zero-order valence-corrected chi connectivity index (χ0v) is 12.7. The molecule has 0 saturated carbocycles. The second kappa shape index (κ2) is 6.48. The molecule has 2 nitrogen and oxygen atoms in total. The van der Waals surface area contributed by atoms with Crippen molar-refractivity contribution in [2.45, 2.75) is 52.6 Å². The highest BCUT2D eigenvalue weighted by Gasteiger charge is 2.12. The number of hydrogen-bond donors (Lipinski definition) is 2. The summed E-state index contributed by atoms with van der Waals surface area (Å²) in [6, 6.07) is 0. The van der Waals surface area contributed by atoms with Gasteiger partial charge in [-0.25, -0.2) is 0 Å². The van der Waals surface area contributed by atoms with Gasteiger partial charge >= 0.3 is 0 Å². The molecule has 0 saturated heterocycles. The smallest absolute Gasteiger partial charge is 0.0364 e. The molecule has 0 unspecified atom stereocenters. The standard InChI is InChI=1S/C16H28N2/c1-9-11-14(18-16(6,7)8)12-13(10-2)17-15(3,4)5/h9-12,17-18H,1-2H2,3-8H3/b13-12+,14-11+. The molecule has 0 spiro atoms. The van der Waals surface area contributed by atoms with Crippen LogP contribution in [0.25, 0.3) is 0 Å². The van der Waals surface area contributed by atoms with Crippen LogP contribution in [0.3, 0.4) is 0 Å². The molecule has 2 heteroatoms. The van der Waals surface area contributed by atoms with E-state index in [4.69, 9.17) is 0 Å². The van der Waals surface area contributed by atoms with Gasteiger partial charge in [-0.3, -0.25) is 0 Å². The van der Waals surface area contributed by atoms with Gasteiger partial charge < -0.3 is 10.6 Å². The Morgan fingerprint density at radius 3 is 1.61 bits per heavy atom. The minimum absolute atomic E-state index is 0.0132. The van der Waals surface area contributed by atoms with Crippen LogP contribution in [0.15, 0.2) is 48.9 Å². The van der Waals surface area contributed by atoms with E-state index < -0.39 is 0 Å². The summed E-state index contributed by atoms with van der Waals surface area (Å²) in [7, 11) is 0. The lowest BCUT2D eigenvalue weighted by atomic mass is 10.1. The van der Waals surface area contributed by atoms with Crippen molar-refractivity contribution in [1.82, 2.24) is 10.6 Å². The van der Waals surface area contributed by atoms with E-state index in [9.17, 15) is 0 Å². The van der Waals surface area contributed by atoms with Gasteiger partial charge in [0.2, 0.25) is 0 Å². The minimum atomic E-state index is 0.0132. The van der Waals surface area contributed by atoms with Gasteiger partial charge in [0.05, 0.1) is 0 Å². The molecule has 0 aromatic rings. The van der Waals surface area contributed by atoms with E-state index in [1.807, 2.05) is 18.2 Å². The Balaban J connectivity index is 5.08. The van der Waals surface area contributed by atoms with Gasteiger partial charge in [0.1, 0.15) is 0 Å². The first-order valence-electron chi connectivity index (χ1n) is 6.30. The molecule has 0 atom stereocenters. The summed E-state index contributed by atoms with van der Waals surface area (Å²) in [5.41, 5.74) is 2.04. The van der Waals surface area contributed by atoms with E-state index in [2.05, 4.69) is 65.3 Å². The Morgan fingerprint density at radius 2 is 1.28 bits per heavy atom. The predicted octanol–water partition coefficient (Wildman–Crippen LogP) is 3.90. The first kappa shape index (κ1) is 16.6. The molecular weight excluding hydrogens is 220 g/mol. The third-order valence-corrected chi connectivity index (χ3v) is 1.87. The van der Waals surface area contributed by atoms with E-state index in [1.165, 1.54) is 0 Å². The summed E-state index contributed by atoms with van der Waals surface area (Å²) >= 11 is 0. The van der Waals surface area contributed by atoms with Crippen molar-refractivity contribution in [1.29, 1.82) is 0 Å². The van der Waals surface area contributed by atoms with Crippen LogP contribution in [0.1, 0.15) is 41.5 Å². The lowest BCUT2D eigenvalue weighted by Crippen LogP contribution is -2.36. The van der Waals surface area contributed by atoms with E-state index in [-0.39, 0.29) is 11.1 Å². The molecule has 0 aliphatic carbocycles. The molecule has 0 aromatic carbocycles. The van der Waals surface area contributed by atoms with Crippen LogP contribution >= 0.6 is 0 Å². The zero-order chi connectivity index (χ0) is 14.4. The van der Waals surface area contributed by atoms with Crippen LogP contribution in [0, 0.1) is 0 Å². The van der Waals surface area contributed by atoms with E-state index in [0.29, 0.717) is 0 Å². The molecule has 0 heterocycles. The fourth-order valence-electron chi connectivity index (χ4n) is 1.43. The highest BCUT2D eigenvalue weighted by molar-refractivity contribution is 5.30. The van der Waals surface area contributed by atoms with Crippen LogP contribution in [-0.2, 0) is 0 Å². The number of rotatable bonds is 5. The van der Waals surface area contributed by atoms with Crippen molar-refractivity contribution in [2.24, 2.45) is 0 Å². The van der Waals surface area contributed by atoms with Crippen molar-refractivity contribution >= 4 is 0 Å². The normalized spacial score (nSPS) is 14.1. The zero-order valence-electron chi connectivity index (χ0n) is 12.7. The maximum absolute atomic E-state index is 3.84.